The minimum absolute atomic E-state index is 0.190. The van der Waals surface area contributed by atoms with E-state index in [9.17, 15) is 19.5 Å². The van der Waals surface area contributed by atoms with Gasteiger partial charge >= 0.3 is 12.1 Å². The molecule has 0 unspecified atom stereocenters. The smallest absolute Gasteiger partial charge is 0.323 e. The maximum absolute atomic E-state index is 13.7. The van der Waals surface area contributed by atoms with Crippen LogP contribution in [0.2, 0.25) is 0 Å². The van der Waals surface area contributed by atoms with E-state index < -0.39 is 18.2 Å². The number of nitrogens with zero attached hydrogens (tertiary/aromatic N) is 3. The molecule has 0 saturated carbocycles. The van der Waals surface area contributed by atoms with Crippen LogP contribution in [0.5, 0.6) is 5.75 Å². The summed E-state index contributed by atoms with van der Waals surface area (Å²) >= 11 is 0. The predicted molar refractivity (Wildman–Crippen MR) is 154 cm³/mol. The van der Waals surface area contributed by atoms with Gasteiger partial charge in [-0.25, -0.2) is 9.59 Å². The summed E-state index contributed by atoms with van der Waals surface area (Å²) in [5, 5.41) is 22.1. The molecular formula is C29H36N6O6. The van der Waals surface area contributed by atoms with E-state index >= 15 is 0 Å². The molecule has 12 nitrogen and oxygen atoms in total. The highest BCUT2D eigenvalue weighted by molar-refractivity contribution is 6.02. The Kier molecular flexibility index (Phi) is 9.13. The van der Waals surface area contributed by atoms with E-state index in [1.54, 1.807) is 63.1 Å². The van der Waals surface area contributed by atoms with Gasteiger partial charge in [-0.2, -0.15) is 0 Å². The maximum Gasteiger partial charge on any atom is 0.323 e. The van der Waals surface area contributed by atoms with Crippen molar-refractivity contribution in [1.29, 1.82) is 0 Å². The Morgan fingerprint density at radius 1 is 1.12 bits per heavy atom. The van der Waals surface area contributed by atoms with Gasteiger partial charge in [-0.3, -0.25) is 4.79 Å². The van der Waals surface area contributed by atoms with Crippen LogP contribution >= 0.6 is 0 Å². The first-order valence-electron chi connectivity index (χ1n) is 13.4. The molecule has 1 aliphatic heterocycles. The molecule has 12 heteroatoms. The van der Waals surface area contributed by atoms with Gasteiger partial charge in [0.2, 0.25) is 0 Å². The highest BCUT2D eigenvalue weighted by Crippen LogP contribution is 2.31. The van der Waals surface area contributed by atoms with Gasteiger partial charge < -0.3 is 40.1 Å². The van der Waals surface area contributed by atoms with Crippen LogP contribution < -0.4 is 20.7 Å². The van der Waals surface area contributed by atoms with E-state index in [4.69, 9.17) is 9.26 Å². The number of benzene rings is 2. The standard InChI is InChI=1S/C29H36N6O6/c1-17-14-35(18(2)16-36)27(37)23-13-22(31-28(38)30-21-9-7-6-8-10-21)11-12-24(23)40-25(17)15-34(5)29(39)32-26-19(3)33-41-20(26)4/h6-13,17-18,25,36H,14-16H2,1-5H3,(H,32,39)(H2,30,31,38)/t17-,18+,25+/m1/s1. The maximum atomic E-state index is 13.7. The van der Waals surface area contributed by atoms with E-state index in [1.165, 1.54) is 4.90 Å². The summed E-state index contributed by atoms with van der Waals surface area (Å²) in [6.07, 6.45) is -0.490. The Morgan fingerprint density at radius 3 is 2.49 bits per heavy atom. The predicted octanol–water partition coefficient (Wildman–Crippen LogP) is 4.32. The molecule has 4 rings (SSSR count). The van der Waals surface area contributed by atoms with Gasteiger partial charge in [0.05, 0.1) is 24.8 Å². The van der Waals surface area contributed by atoms with Crippen LogP contribution in [0.4, 0.5) is 26.7 Å². The monoisotopic (exact) mass is 564 g/mol. The van der Waals surface area contributed by atoms with Crippen molar-refractivity contribution in [1.82, 2.24) is 15.0 Å². The van der Waals surface area contributed by atoms with E-state index in [0.29, 0.717) is 34.3 Å². The van der Waals surface area contributed by atoms with Gasteiger partial charge in [0.15, 0.2) is 5.76 Å². The van der Waals surface area contributed by atoms with Crippen molar-refractivity contribution in [3.05, 3.63) is 65.5 Å². The number of hydrogen-bond donors (Lipinski definition) is 4. The molecule has 0 spiro atoms. The molecule has 3 aromatic rings. The van der Waals surface area contributed by atoms with Crippen molar-refractivity contribution < 1.29 is 28.8 Å². The first kappa shape index (κ1) is 29.4. The first-order valence-corrected chi connectivity index (χ1v) is 13.4. The van der Waals surface area contributed by atoms with Gasteiger partial charge in [-0.05, 0) is 51.1 Å². The van der Waals surface area contributed by atoms with E-state index in [-0.39, 0.29) is 43.1 Å². The Morgan fingerprint density at radius 2 is 1.83 bits per heavy atom. The molecule has 0 saturated heterocycles. The zero-order valence-electron chi connectivity index (χ0n) is 23.8. The molecule has 1 aliphatic rings. The summed E-state index contributed by atoms with van der Waals surface area (Å²) < 4.78 is 11.5. The lowest BCUT2D eigenvalue weighted by molar-refractivity contribution is 0.0371. The number of carbonyl (C=O) groups excluding carboxylic acids is 3. The third-order valence-corrected chi connectivity index (χ3v) is 7.02. The fourth-order valence-corrected chi connectivity index (χ4v) is 4.55. The average Bonchev–Trinajstić information content (AvgIpc) is 3.27. The molecule has 4 N–H and O–H groups in total. The highest BCUT2D eigenvalue weighted by atomic mass is 16.5. The zero-order chi connectivity index (χ0) is 29.7. The summed E-state index contributed by atoms with van der Waals surface area (Å²) in [6, 6.07) is 12.5. The minimum Gasteiger partial charge on any atom is -0.487 e. The molecule has 218 valence electrons. The van der Waals surface area contributed by atoms with Gasteiger partial charge in [0.25, 0.3) is 5.91 Å². The normalized spacial score (nSPS) is 17.4. The number of aliphatic hydroxyl groups excluding tert-OH is 1. The lowest BCUT2D eigenvalue weighted by Crippen LogP contribution is -2.50. The van der Waals surface area contributed by atoms with Crippen molar-refractivity contribution in [2.75, 3.05) is 42.7 Å². The summed E-state index contributed by atoms with van der Waals surface area (Å²) in [6.45, 7) is 7.43. The number of carbonyl (C=O) groups is 3. The first-order chi connectivity index (χ1) is 19.6. The number of hydrogen-bond acceptors (Lipinski definition) is 7. The molecule has 1 aromatic heterocycles. The van der Waals surface area contributed by atoms with Gasteiger partial charge in [-0.1, -0.05) is 30.3 Å². The molecule has 5 amide bonds. The number of aromatic nitrogens is 1. The number of fused-ring (bicyclic) bond motifs is 1. The number of para-hydroxylation sites is 1. The lowest BCUT2D eigenvalue weighted by atomic mass is 9.99. The SMILES string of the molecule is Cc1noc(C)c1NC(=O)N(C)C[C@@H]1Oc2ccc(NC(=O)Nc3ccccc3)cc2C(=O)N([C@@H](C)CO)C[C@H]1C. The summed E-state index contributed by atoms with van der Waals surface area (Å²) in [5.74, 6) is 0.298. The van der Waals surface area contributed by atoms with Crippen molar-refractivity contribution in [2.24, 2.45) is 5.92 Å². The Balaban J connectivity index is 1.56. The number of anilines is 3. The zero-order valence-corrected chi connectivity index (χ0v) is 23.8. The Hall–Kier alpha value is -4.58. The summed E-state index contributed by atoms with van der Waals surface area (Å²) in [5.41, 5.74) is 2.35. The van der Waals surface area contributed by atoms with Crippen LogP contribution in [-0.2, 0) is 0 Å². The van der Waals surface area contributed by atoms with Gasteiger partial charge in [0, 0.05) is 30.9 Å². The molecular weight excluding hydrogens is 528 g/mol. The topological polar surface area (TPSA) is 149 Å². The van der Waals surface area contributed by atoms with Crippen molar-refractivity contribution >= 4 is 35.0 Å². The Bertz CT molecular complexity index is 1370. The number of amides is 5. The third-order valence-electron chi connectivity index (χ3n) is 7.02. The molecule has 41 heavy (non-hydrogen) atoms. The largest absolute Gasteiger partial charge is 0.487 e. The molecule has 0 radical (unpaired) electrons. The number of aryl methyl sites for hydroxylation is 2. The quantitative estimate of drug-likeness (QED) is 0.334. The Labute approximate surface area is 238 Å². The summed E-state index contributed by atoms with van der Waals surface area (Å²) in [4.78, 5) is 42.3. The van der Waals surface area contributed by atoms with E-state index in [1.807, 2.05) is 25.1 Å². The van der Waals surface area contributed by atoms with Crippen molar-refractivity contribution in [3.63, 3.8) is 0 Å². The van der Waals surface area contributed by atoms with Crippen molar-refractivity contribution in [3.8, 4) is 5.75 Å². The average molecular weight is 565 g/mol. The third kappa shape index (κ3) is 6.95. The number of aliphatic hydroxyl groups is 1. The second kappa shape index (κ2) is 12.7. The molecule has 0 bridgehead atoms. The van der Waals surface area contributed by atoms with E-state index in [0.717, 1.165) is 0 Å². The van der Waals surface area contributed by atoms with Crippen LogP contribution in [0.25, 0.3) is 0 Å². The fourth-order valence-electron chi connectivity index (χ4n) is 4.55. The van der Waals surface area contributed by atoms with Gasteiger partial charge in [-0.15, -0.1) is 0 Å². The second-order valence-corrected chi connectivity index (χ2v) is 10.3. The number of rotatable bonds is 7. The molecule has 3 atom stereocenters. The number of ether oxygens (including phenoxy) is 1. The van der Waals surface area contributed by atoms with Crippen molar-refractivity contribution in [2.45, 2.75) is 39.8 Å². The highest BCUT2D eigenvalue weighted by Gasteiger charge is 2.34. The van der Waals surface area contributed by atoms with Crippen LogP contribution in [0.3, 0.4) is 0 Å². The number of urea groups is 2. The van der Waals surface area contributed by atoms with E-state index in [2.05, 4.69) is 21.1 Å². The molecule has 0 fully saturated rings. The van der Waals surface area contributed by atoms with Gasteiger partial charge in [0.1, 0.15) is 23.2 Å². The van der Waals surface area contributed by atoms with Crippen LogP contribution in [0.1, 0.15) is 35.7 Å². The second-order valence-electron chi connectivity index (χ2n) is 10.3. The van der Waals surface area contributed by atoms with Crippen LogP contribution in [-0.4, -0.2) is 76.9 Å². The lowest BCUT2D eigenvalue weighted by Gasteiger charge is -2.38. The minimum atomic E-state index is -0.490. The number of nitrogens with one attached hydrogen (secondary N) is 3. The summed E-state index contributed by atoms with van der Waals surface area (Å²) in [7, 11) is 1.65. The molecule has 0 aliphatic carbocycles. The van der Waals surface area contributed by atoms with Crippen LogP contribution in [0, 0.1) is 19.8 Å². The number of likely N-dealkylation sites (N-methyl/N-ethyl adjacent to an activating group) is 1. The molecule has 2 aromatic carbocycles. The fraction of sp³-hybridized carbons (Fsp3) is 0.379. The van der Waals surface area contributed by atoms with Crippen LogP contribution in [0.15, 0.2) is 53.1 Å². The molecule has 2 heterocycles.